The normalized spacial score (nSPS) is 26.6. The van der Waals surface area contributed by atoms with Crippen LogP contribution in [0.4, 0.5) is 0 Å². The van der Waals surface area contributed by atoms with Gasteiger partial charge in [-0.05, 0) is 49.6 Å². The van der Waals surface area contributed by atoms with Crippen LogP contribution in [-0.2, 0) is 0 Å². The van der Waals surface area contributed by atoms with E-state index >= 15 is 0 Å². The Hall–Kier alpha value is -0.0800. The molecule has 0 aromatic heterocycles. The van der Waals surface area contributed by atoms with Crippen molar-refractivity contribution in [2.24, 2.45) is 10.8 Å². The molecular weight excluding hydrogens is 244 g/mol. The first-order chi connectivity index (χ1) is 9.55. The maximum atomic E-state index is 3.74. The van der Waals surface area contributed by atoms with Crippen LogP contribution in [0.25, 0.3) is 0 Å². The standard InChI is InChI=1S/C18H36N2/c1-4-12-19-14-18(9-7-5-6-8-10-18)16-20-13-11-17(2,3)15-20/h19H,4-16H2,1-3H3. The molecule has 0 atom stereocenters. The molecule has 0 aromatic carbocycles. The van der Waals surface area contributed by atoms with Gasteiger partial charge >= 0.3 is 0 Å². The van der Waals surface area contributed by atoms with Crippen molar-refractivity contribution in [3.05, 3.63) is 0 Å². The minimum absolute atomic E-state index is 0.544. The van der Waals surface area contributed by atoms with Crippen LogP contribution in [0.5, 0.6) is 0 Å². The van der Waals surface area contributed by atoms with E-state index in [1.807, 2.05) is 0 Å². The molecule has 1 aliphatic heterocycles. The molecule has 1 heterocycles. The summed E-state index contributed by atoms with van der Waals surface area (Å²) in [5, 5.41) is 3.74. The van der Waals surface area contributed by atoms with Crippen LogP contribution in [-0.4, -0.2) is 37.6 Å². The molecule has 1 aliphatic carbocycles. The summed E-state index contributed by atoms with van der Waals surface area (Å²) < 4.78 is 0. The van der Waals surface area contributed by atoms with Crippen LogP contribution in [0.2, 0.25) is 0 Å². The second-order valence-electron chi connectivity index (χ2n) is 8.22. The zero-order valence-corrected chi connectivity index (χ0v) is 14.1. The lowest BCUT2D eigenvalue weighted by atomic mass is 9.79. The van der Waals surface area contributed by atoms with Gasteiger partial charge in [0.2, 0.25) is 0 Å². The number of rotatable bonds is 6. The Labute approximate surface area is 126 Å². The van der Waals surface area contributed by atoms with Crippen LogP contribution >= 0.6 is 0 Å². The summed E-state index contributed by atoms with van der Waals surface area (Å²) in [6.45, 7) is 13.5. The molecule has 1 saturated carbocycles. The van der Waals surface area contributed by atoms with Gasteiger partial charge in [0.25, 0.3) is 0 Å². The van der Waals surface area contributed by atoms with Crippen molar-refractivity contribution >= 4 is 0 Å². The van der Waals surface area contributed by atoms with E-state index < -0.39 is 0 Å². The minimum Gasteiger partial charge on any atom is -0.316 e. The first kappa shape index (κ1) is 16.3. The van der Waals surface area contributed by atoms with E-state index in [2.05, 4.69) is 31.0 Å². The summed E-state index contributed by atoms with van der Waals surface area (Å²) >= 11 is 0. The lowest BCUT2D eigenvalue weighted by molar-refractivity contribution is 0.137. The molecule has 0 bridgehead atoms. The van der Waals surface area contributed by atoms with Gasteiger partial charge in [0, 0.05) is 19.6 Å². The molecule has 2 fully saturated rings. The van der Waals surface area contributed by atoms with E-state index in [0.29, 0.717) is 10.8 Å². The van der Waals surface area contributed by atoms with Gasteiger partial charge in [0.1, 0.15) is 0 Å². The number of hydrogen-bond acceptors (Lipinski definition) is 2. The van der Waals surface area contributed by atoms with Crippen LogP contribution in [0.3, 0.4) is 0 Å². The van der Waals surface area contributed by atoms with Gasteiger partial charge in [0.05, 0.1) is 0 Å². The van der Waals surface area contributed by atoms with Crippen molar-refractivity contribution in [1.29, 1.82) is 0 Å². The van der Waals surface area contributed by atoms with Crippen molar-refractivity contribution in [3.63, 3.8) is 0 Å². The molecule has 2 aliphatic rings. The maximum Gasteiger partial charge on any atom is 0.00504 e. The molecule has 0 amide bonds. The largest absolute Gasteiger partial charge is 0.316 e. The maximum absolute atomic E-state index is 3.74. The lowest BCUT2D eigenvalue weighted by Gasteiger charge is -2.37. The van der Waals surface area contributed by atoms with E-state index in [0.717, 1.165) is 0 Å². The van der Waals surface area contributed by atoms with Gasteiger partial charge < -0.3 is 10.2 Å². The highest BCUT2D eigenvalue weighted by Gasteiger charge is 2.37. The predicted octanol–water partition coefficient (Wildman–Crippen LogP) is 4.06. The fraction of sp³-hybridized carbons (Fsp3) is 1.00. The van der Waals surface area contributed by atoms with Crippen molar-refractivity contribution in [2.45, 2.75) is 72.1 Å². The molecule has 0 radical (unpaired) electrons. The second-order valence-corrected chi connectivity index (χ2v) is 8.22. The number of nitrogens with one attached hydrogen (secondary N) is 1. The Morgan fingerprint density at radius 2 is 1.70 bits per heavy atom. The Bertz CT molecular complexity index is 277. The van der Waals surface area contributed by atoms with E-state index in [4.69, 9.17) is 0 Å². The Morgan fingerprint density at radius 1 is 1.00 bits per heavy atom. The molecule has 0 unspecified atom stereocenters. The fourth-order valence-corrected chi connectivity index (χ4v) is 4.23. The summed E-state index contributed by atoms with van der Waals surface area (Å²) in [6.07, 6.45) is 11.3. The van der Waals surface area contributed by atoms with E-state index in [1.54, 1.807) is 0 Å². The number of hydrogen-bond donors (Lipinski definition) is 1. The van der Waals surface area contributed by atoms with Gasteiger partial charge in [-0.25, -0.2) is 0 Å². The predicted molar refractivity (Wildman–Crippen MR) is 88.1 cm³/mol. The van der Waals surface area contributed by atoms with Gasteiger partial charge in [-0.3, -0.25) is 0 Å². The van der Waals surface area contributed by atoms with E-state index in [9.17, 15) is 0 Å². The van der Waals surface area contributed by atoms with Crippen LogP contribution in [0.15, 0.2) is 0 Å². The quantitative estimate of drug-likeness (QED) is 0.583. The third kappa shape index (κ3) is 4.73. The topological polar surface area (TPSA) is 15.3 Å². The molecule has 20 heavy (non-hydrogen) atoms. The van der Waals surface area contributed by atoms with Crippen molar-refractivity contribution < 1.29 is 0 Å². The molecule has 0 aromatic rings. The first-order valence-electron chi connectivity index (χ1n) is 8.98. The molecule has 1 saturated heterocycles. The van der Waals surface area contributed by atoms with Gasteiger partial charge in [-0.1, -0.05) is 46.5 Å². The monoisotopic (exact) mass is 280 g/mol. The molecule has 2 heteroatoms. The Balaban J connectivity index is 1.94. The Morgan fingerprint density at radius 3 is 2.25 bits per heavy atom. The minimum atomic E-state index is 0.544. The highest BCUT2D eigenvalue weighted by molar-refractivity contribution is 4.91. The highest BCUT2D eigenvalue weighted by Crippen LogP contribution is 2.38. The average molecular weight is 280 g/mol. The Kier molecular flexibility index (Phi) is 5.92. The van der Waals surface area contributed by atoms with Crippen molar-refractivity contribution in [3.8, 4) is 0 Å². The average Bonchev–Trinajstić information content (AvgIpc) is 2.61. The fourth-order valence-electron chi connectivity index (χ4n) is 4.23. The van der Waals surface area contributed by atoms with Crippen molar-refractivity contribution in [2.75, 3.05) is 32.7 Å². The summed E-state index contributed by atoms with van der Waals surface area (Å²) in [4.78, 5) is 2.76. The molecule has 0 spiro atoms. The van der Waals surface area contributed by atoms with Crippen LogP contribution in [0.1, 0.15) is 72.1 Å². The van der Waals surface area contributed by atoms with E-state index in [-0.39, 0.29) is 0 Å². The van der Waals surface area contributed by atoms with Crippen LogP contribution < -0.4 is 5.32 Å². The van der Waals surface area contributed by atoms with E-state index in [1.165, 1.54) is 84.1 Å². The summed E-state index contributed by atoms with van der Waals surface area (Å²) in [7, 11) is 0. The SMILES string of the molecule is CCCNCC1(CN2CCC(C)(C)C2)CCCCCC1. The van der Waals surface area contributed by atoms with Gasteiger partial charge in [-0.15, -0.1) is 0 Å². The zero-order valence-electron chi connectivity index (χ0n) is 14.1. The lowest BCUT2D eigenvalue weighted by Crippen LogP contribution is -2.44. The smallest absolute Gasteiger partial charge is 0.00504 e. The molecule has 118 valence electrons. The summed E-state index contributed by atoms with van der Waals surface area (Å²) in [6, 6.07) is 0. The summed E-state index contributed by atoms with van der Waals surface area (Å²) in [5.41, 5.74) is 1.11. The summed E-state index contributed by atoms with van der Waals surface area (Å²) in [5.74, 6) is 0. The third-order valence-corrected chi connectivity index (χ3v) is 5.41. The zero-order chi connectivity index (χ0) is 14.5. The van der Waals surface area contributed by atoms with Crippen LogP contribution in [0, 0.1) is 10.8 Å². The molecular formula is C18H36N2. The van der Waals surface area contributed by atoms with Gasteiger partial charge in [-0.2, -0.15) is 0 Å². The molecule has 1 N–H and O–H groups in total. The van der Waals surface area contributed by atoms with Gasteiger partial charge in [0.15, 0.2) is 0 Å². The molecule has 2 rings (SSSR count). The number of likely N-dealkylation sites (tertiary alicyclic amines) is 1. The number of nitrogens with zero attached hydrogens (tertiary/aromatic N) is 1. The molecule has 2 nitrogen and oxygen atoms in total. The third-order valence-electron chi connectivity index (χ3n) is 5.41. The highest BCUT2D eigenvalue weighted by atomic mass is 15.2. The first-order valence-corrected chi connectivity index (χ1v) is 8.98. The second kappa shape index (κ2) is 7.26. The van der Waals surface area contributed by atoms with Crippen molar-refractivity contribution in [1.82, 2.24) is 10.2 Å².